The van der Waals surface area contributed by atoms with E-state index in [1.807, 2.05) is 19.9 Å². The number of benzene rings is 2. The first-order chi connectivity index (χ1) is 14.9. The Balaban J connectivity index is 0.000000234. The van der Waals surface area contributed by atoms with Gasteiger partial charge < -0.3 is 10.8 Å². The molecule has 0 saturated carbocycles. The maximum absolute atomic E-state index is 7.57. The van der Waals surface area contributed by atoms with Crippen LogP contribution in [-0.2, 0) is 25.7 Å². The summed E-state index contributed by atoms with van der Waals surface area (Å²) in [5.74, 6) is 0.494. The number of aliphatic hydroxyl groups excluding tert-OH is 1. The molecule has 4 rings (SSSR count). The normalized spacial score (nSPS) is 11.7. The molecule has 1 aliphatic carbocycles. The third kappa shape index (κ3) is 6.93. The van der Waals surface area contributed by atoms with Crippen LogP contribution in [0, 0.1) is 0 Å². The Hall–Kier alpha value is -2.14. The van der Waals surface area contributed by atoms with Gasteiger partial charge in [-0.25, -0.2) is 9.97 Å². The Morgan fingerprint density at radius 3 is 2.00 bits per heavy atom. The molecule has 0 spiro atoms. The van der Waals surface area contributed by atoms with Crippen molar-refractivity contribution in [1.82, 2.24) is 9.97 Å². The van der Waals surface area contributed by atoms with Gasteiger partial charge in [0.25, 0.3) is 0 Å². The molecule has 166 valence electrons. The number of aromatic nitrogens is 2. The van der Waals surface area contributed by atoms with Crippen LogP contribution < -0.4 is 5.73 Å². The standard InChI is InChI=1S/C14H15Cl2N3.C9H10.C2H6O/c1-3-11-13(18-12(4-2)14(17)19-11)9-6-5-8(15)7-10(9)16;1-2-5-9-7-3-6-8(9)4-1;1-2-3/h5-7H,3-4H2,1-2H3,(H2,17,19);1-2,4-5H,3,6-7H2;3H,2H2,1H3. The lowest BCUT2D eigenvalue weighted by Crippen LogP contribution is -2.06. The van der Waals surface area contributed by atoms with E-state index in [0.717, 1.165) is 35.5 Å². The topological polar surface area (TPSA) is 72.0 Å². The second-order valence-corrected chi connectivity index (χ2v) is 7.96. The SMILES string of the molecule is CCO.CCc1nc(-c2ccc(Cl)cc2Cl)c(CC)nc1N.c1ccc2c(c1)CCC2. The molecular formula is C25H31Cl2N3O. The molecule has 0 atom stereocenters. The van der Waals surface area contributed by atoms with Gasteiger partial charge in [0, 0.05) is 17.2 Å². The molecule has 1 aliphatic rings. The molecule has 2 aromatic carbocycles. The number of fused-ring (bicyclic) bond motifs is 1. The van der Waals surface area contributed by atoms with Crippen LogP contribution in [0.5, 0.6) is 0 Å². The molecule has 31 heavy (non-hydrogen) atoms. The van der Waals surface area contributed by atoms with Gasteiger partial charge in [-0.1, -0.05) is 61.3 Å². The summed E-state index contributed by atoms with van der Waals surface area (Å²) >= 11 is 12.2. The Morgan fingerprint density at radius 1 is 0.903 bits per heavy atom. The van der Waals surface area contributed by atoms with Gasteiger partial charge >= 0.3 is 0 Å². The van der Waals surface area contributed by atoms with E-state index in [4.69, 9.17) is 34.0 Å². The van der Waals surface area contributed by atoms with Gasteiger partial charge in [-0.15, -0.1) is 0 Å². The van der Waals surface area contributed by atoms with Crippen molar-refractivity contribution in [1.29, 1.82) is 0 Å². The smallest absolute Gasteiger partial charge is 0.145 e. The first-order valence-electron chi connectivity index (χ1n) is 10.7. The van der Waals surface area contributed by atoms with E-state index < -0.39 is 0 Å². The Bertz CT molecular complexity index is 969. The lowest BCUT2D eigenvalue weighted by Gasteiger charge is -2.12. The molecule has 0 saturated heterocycles. The van der Waals surface area contributed by atoms with E-state index in [0.29, 0.717) is 15.9 Å². The molecule has 1 aromatic heterocycles. The zero-order chi connectivity index (χ0) is 22.8. The van der Waals surface area contributed by atoms with Gasteiger partial charge in [-0.3, -0.25) is 0 Å². The molecule has 0 bridgehead atoms. The maximum atomic E-state index is 7.57. The van der Waals surface area contributed by atoms with Gasteiger partial charge in [-0.05, 0) is 68.4 Å². The van der Waals surface area contributed by atoms with E-state index in [2.05, 4.69) is 34.2 Å². The minimum absolute atomic E-state index is 0.250. The van der Waals surface area contributed by atoms with Crippen molar-refractivity contribution < 1.29 is 5.11 Å². The number of hydrogen-bond donors (Lipinski definition) is 2. The summed E-state index contributed by atoms with van der Waals surface area (Å²) < 4.78 is 0. The lowest BCUT2D eigenvalue weighted by molar-refractivity contribution is 0.318. The highest BCUT2D eigenvalue weighted by Crippen LogP contribution is 2.32. The lowest BCUT2D eigenvalue weighted by atomic mass is 10.1. The molecule has 0 aliphatic heterocycles. The highest BCUT2D eigenvalue weighted by Gasteiger charge is 2.14. The monoisotopic (exact) mass is 459 g/mol. The van der Waals surface area contributed by atoms with E-state index in [-0.39, 0.29) is 6.61 Å². The number of anilines is 1. The molecule has 3 N–H and O–H groups in total. The number of halogens is 2. The first-order valence-corrected chi connectivity index (χ1v) is 11.5. The molecule has 1 heterocycles. The highest BCUT2D eigenvalue weighted by atomic mass is 35.5. The zero-order valence-corrected chi connectivity index (χ0v) is 20.0. The van der Waals surface area contributed by atoms with Gasteiger partial charge in [0.05, 0.1) is 22.1 Å². The third-order valence-corrected chi connectivity index (χ3v) is 5.49. The summed E-state index contributed by atoms with van der Waals surface area (Å²) in [6.07, 6.45) is 5.45. The number of aryl methyl sites for hydroxylation is 4. The van der Waals surface area contributed by atoms with Gasteiger partial charge in [-0.2, -0.15) is 0 Å². The third-order valence-electron chi connectivity index (χ3n) is 4.94. The number of nitrogen functional groups attached to an aromatic ring is 1. The summed E-state index contributed by atoms with van der Waals surface area (Å²) in [6.45, 7) is 5.95. The summed E-state index contributed by atoms with van der Waals surface area (Å²) in [5, 5.41) is 8.74. The van der Waals surface area contributed by atoms with E-state index in [1.165, 1.54) is 19.3 Å². The quantitative estimate of drug-likeness (QED) is 0.479. The van der Waals surface area contributed by atoms with Crippen molar-refractivity contribution in [2.24, 2.45) is 0 Å². The number of aliphatic hydroxyl groups is 1. The maximum Gasteiger partial charge on any atom is 0.145 e. The zero-order valence-electron chi connectivity index (χ0n) is 18.5. The van der Waals surface area contributed by atoms with Crippen LogP contribution >= 0.6 is 23.2 Å². The molecule has 0 amide bonds. The van der Waals surface area contributed by atoms with Gasteiger partial charge in [0.2, 0.25) is 0 Å². The van der Waals surface area contributed by atoms with E-state index in [9.17, 15) is 0 Å². The van der Waals surface area contributed by atoms with Crippen LogP contribution in [0.25, 0.3) is 11.3 Å². The van der Waals surface area contributed by atoms with Gasteiger partial charge in [0.15, 0.2) is 0 Å². The fraction of sp³-hybridized carbons (Fsp3) is 0.360. The minimum Gasteiger partial charge on any atom is -0.397 e. The number of nitrogens with zero attached hydrogens (tertiary/aromatic N) is 2. The van der Waals surface area contributed by atoms with E-state index in [1.54, 1.807) is 30.2 Å². The summed E-state index contributed by atoms with van der Waals surface area (Å²) in [5.41, 5.74) is 12.3. The summed E-state index contributed by atoms with van der Waals surface area (Å²) in [4.78, 5) is 9.03. The molecular weight excluding hydrogens is 429 g/mol. The molecule has 4 nitrogen and oxygen atoms in total. The molecule has 0 radical (unpaired) electrons. The second kappa shape index (κ2) is 12.7. The largest absolute Gasteiger partial charge is 0.397 e. The van der Waals surface area contributed by atoms with Crippen LogP contribution in [0.1, 0.15) is 49.7 Å². The fourth-order valence-electron chi connectivity index (χ4n) is 3.44. The predicted octanol–water partition coefficient (Wildman–Crippen LogP) is 6.33. The second-order valence-electron chi connectivity index (χ2n) is 7.12. The van der Waals surface area contributed by atoms with Crippen molar-refractivity contribution in [2.75, 3.05) is 12.3 Å². The Labute approximate surface area is 195 Å². The van der Waals surface area contributed by atoms with Crippen molar-refractivity contribution >= 4 is 29.0 Å². The van der Waals surface area contributed by atoms with E-state index >= 15 is 0 Å². The van der Waals surface area contributed by atoms with Crippen molar-refractivity contribution in [3.63, 3.8) is 0 Å². The molecule has 0 fully saturated rings. The Morgan fingerprint density at radius 2 is 1.48 bits per heavy atom. The highest BCUT2D eigenvalue weighted by molar-refractivity contribution is 6.36. The molecule has 6 heteroatoms. The Kier molecular flexibility index (Phi) is 10.3. The average Bonchev–Trinajstić information content (AvgIpc) is 3.24. The van der Waals surface area contributed by atoms with Gasteiger partial charge in [0.1, 0.15) is 5.82 Å². The fourth-order valence-corrected chi connectivity index (χ4v) is 3.94. The molecule has 0 unspecified atom stereocenters. The van der Waals surface area contributed by atoms with Crippen LogP contribution in [0.2, 0.25) is 10.0 Å². The van der Waals surface area contributed by atoms with Crippen LogP contribution in [0.4, 0.5) is 5.82 Å². The minimum atomic E-state index is 0.250. The van der Waals surface area contributed by atoms with Crippen molar-refractivity contribution in [3.8, 4) is 11.3 Å². The van der Waals surface area contributed by atoms with Crippen molar-refractivity contribution in [2.45, 2.75) is 52.9 Å². The first kappa shape index (κ1) is 25.1. The predicted molar refractivity (Wildman–Crippen MR) is 132 cm³/mol. The summed E-state index contributed by atoms with van der Waals surface area (Å²) in [7, 11) is 0. The van der Waals surface area contributed by atoms with Crippen LogP contribution in [0.15, 0.2) is 42.5 Å². The number of hydrogen-bond acceptors (Lipinski definition) is 4. The van der Waals surface area contributed by atoms with Crippen LogP contribution in [0.3, 0.4) is 0 Å². The average molecular weight is 460 g/mol. The summed E-state index contributed by atoms with van der Waals surface area (Å²) in [6, 6.07) is 14.1. The van der Waals surface area contributed by atoms with Crippen LogP contribution in [-0.4, -0.2) is 21.7 Å². The molecule has 3 aromatic rings. The van der Waals surface area contributed by atoms with Crippen molar-refractivity contribution in [3.05, 3.63) is 75.0 Å². The number of nitrogens with two attached hydrogens (primary N) is 1. The number of rotatable bonds is 3.